The van der Waals surface area contributed by atoms with Crippen molar-refractivity contribution in [2.45, 2.75) is 32.7 Å². The highest BCUT2D eigenvalue weighted by Gasteiger charge is 2.20. The summed E-state index contributed by atoms with van der Waals surface area (Å²) in [4.78, 5) is 11.3. The van der Waals surface area contributed by atoms with Gasteiger partial charge in [-0.25, -0.2) is 0 Å². The summed E-state index contributed by atoms with van der Waals surface area (Å²) in [6, 6.07) is 8.20. The smallest absolute Gasteiger partial charge is 0.235 e. The molecule has 0 aliphatic rings. The van der Waals surface area contributed by atoms with E-state index in [2.05, 4.69) is 24.4 Å². The van der Waals surface area contributed by atoms with E-state index in [1.54, 1.807) is 0 Å². The molecule has 0 aliphatic carbocycles. The van der Waals surface area contributed by atoms with Crippen LogP contribution >= 0.6 is 11.6 Å². The van der Waals surface area contributed by atoms with E-state index < -0.39 is 0 Å². The van der Waals surface area contributed by atoms with Crippen LogP contribution in [0, 0.1) is 6.92 Å². The van der Waals surface area contributed by atoms with E-state index in [0.29, 0.717) is 0 Å². The van der Waals surface area contributed by atoms with Crippen LogP contribution in [-0.4, -0.2) is 17.3 Å². The van der Waals surface area contributed by atoms with Crippen LogP contribution < -0.4 is 5.32 Å². The molecule has 1 aromatic rings. The van der Waals surface area contributed by atoms with Crippen LogP contribution in [0.3, 0.4) is 0 Å². The average molecular weight is 240 g/mol. The zero-order valence-electron chi connectivity index (χ0n) is 10.0. The maximum absolute atomic E-state index is 11.3. The van der Waals surface area contributed by atoms with Gasteiger partial charge in [-0.3, -0.25) is 4.79 Å². The third-order valence-corrected chi connectivity index (χ3v) is 2.74. The summed E-state index contributed by atoms with van der Waals surface area (Å²) in [5.74, 6) is -0.114. The number of amides is 1. The summed E-state index contributed by atoms with van der Waals surface area (Å²) in [6.45, 7) is 6.09. The summed E-state index contributed by atoms with van der Waals surface area (Å²) in [5.41, 5.74) is 2.23. The average Bonchev–Trinajstić information content (AvgIpc) is 2.20. The maximum Gasteiger partial charge on any atom is 0.235 e. The zero-order chi connectivity index (χ0) is 12.2. The molecular formula is C13H18ClNO. The van der Waals surface area contributed by atoms with Gasteiger partial charge in [-0.15, -0.1) is 11.6 Å². The molecule has 88 valence electrons. The molecule has 1 rings (SSSR count). The van der Waals surface area contributed by atoms with E-state index >= 15 is 0 Å². The van der Waals surface area contributed by atoms with Crippen LogP contribution in [0.15, 0.2) is 24.3 Å². The number of carbonyl (C=O) groups is 1. The van der Waals surface area contributed by atoms with Crippen molar-refractivity contribution in [3.63, 3.8) is 0 Å². The second-order valence-corrected chi connectivity index (χ2v) is 4.94. The Morgan fingerprint density at radius 2 is 2.00 bits per heavy atom. The molecule has 0 heterocycles. The first kappa shape index (κ1) is 13.0. The van der Waals surface area contributed by atoms with Gasteiger partial charge in [0.05, 0.1) is 0 Å². The van der Waals surface area contributed by atoms with Gasteiger partial charge in [0.25, 0.3) is 0 Å². The molecule has 0 saturated heterocycles. The normalized spacial score (nSPS) is 11.2. The second-order valence-electron chi connectivity index (χ2n) is 4.67. The van der Waals surface area contributed by atoms with Gasteiger partial charge < -0.3 is 5.32 Å². The van der Waals surface area contributed by atoms with Gasteiger partial charge >= 0.3 is 0 Å². The molecule has 1 amide bonds. The minimum Gasteiger partial charge on any atom is -0.350 e. The third-order valence-electron chi connectivity index (χ3n) is 2.49. The molecule has 0 radical (unpaired) electrons. The topological polar surface area (TPSA) is 29.1 Å². The minimum atomic E-state index is -0.266. The lowest BCUT2D eigenvalue weighted by Crippen LogP contribution is -2.45. The molecule has 0 unspecified atom stereocenters. The number of halogens is 1. The largest absolute Gasteiger partial charge is 0.350 e. The van der Waals surface area contributed by atoms with Crippen molar-refractivity contribution >= 4 is 17.5 Å². The van der Waals surface area contributed by atoms with Crippen molar-refractivity contribution in [1.29, 1.82) is 0 Å². The van der Waals surface area contributed by atoms with Gasteiger partial charge in [-0.05, 0) is 38.3 Å². The Balaban J connectivity index is 2.72. The molecule has 2 nitrogen and oxygen atoms in total. The minimum absolute atomic E-state index is 0.0111. The Kier molecular flexibility index (Phi) is 4.36. The van der Waals surface area contributed by atoms with Crippen molar-refractivity contribution < 1.29 is 4.79 Å². The zero-order valence-corrected chi connectivity index (χ0v) is 10.8. The predicted octanol–water partition coefficient (Wildman–Crippen LogP) is 2.67. The quantitative estimate of drug-likeness (QED) is 0.805. The van der Waals surface area contributed by atoms with Gasteiger partial charge in [-0.1, -0.05) is 24.3 Å². The van der Waals surface area contributed by atoms with Gasteiger partial charge in [0.1, 0.15) is 5.88 Å². The summed E-state index contributed by atoms with van der Waals surface area (Å²) < 4.78 is 0. The first-order valence-corrected chi connectivity index (χ1v) is 5.89. The lowest BCUT2D eigenvalue weighted by molar-refractivity contribution is -0.120. The number of benzene rings is 1. The van der Waals surface area contributed by atoms with E-state index in [1.807, 2.05) is 26.0 Å². The number of rotatable bonds is 4. The van der Waals surface area contributed by atoms with Crippen molar-refractivity contribution in [2.24, 2.45) is 0 Å². The number of hydrogen-bond acceptors (Lipinski definition) is 1. The van der Waals surface area contributed by atoms with Gasteiger partial charge in [0.15, 0.2) is 0 Å². The summed E-state index contributed by atoms with van der Waals surface area (Å²) in [7, 11) is 0. The van der Waals surface area contributed by atoms with Crippen LogP contribution in [-0.2, 0) is 11.2 Å². The van der Waals surface area contributed by atoms with Crippen molar-refractivity contribution in [2.75, 3.05) is 5.88 Å². The molecule has 3 heteroatoms. The molecule has 1 N–H and O–H groups in total. The number of alkyl halides is 1. The van der Waals surface area contributed by atoms with Crippen LogP contribution in [0.5, 0.6) is 0 Å². The molecule has 0 fully saturated rings. The van der Waals surface area contributed by atoms with E-state index in [9.17, 15) is 4.79 Å². The highest BCUT2D eigenvalue weighted by atomic mass is 35.5. The fraction of sp³-hybridized carbons (Fsp3) is 0.462. The molecule has 0 spiro atoms. The number of hydrogen-bond donors (Lipinski definition) is 1. The molecular weight excluding hydrogens is 222 g/mol. The molecule has 16 heavy (non-hydrogen) atoms. The molecule has 0 atom stereocenters. The van der Waals surface area contributed by atoms with Crippen molar-refractivity contribution in [1.82, 2.24) is 5.32 Å². The Labute approximate surface area is 102 Å². The predicted molar refractivity (Wildman–Crippen MR) is 67.8 cm³/mol. The number of nitrogens with one attached hydrogen (secondary N) is 1. The Hall–Kier alpha value is -1.02. The van der Waals surface area contributed by atoms with Crippen LogP contribution in [0.4, 0.5) is 0 Å². The fourth-order valence-corrected chi connectivity index (χ4v) is 1.81. The first-order chi connectivity index (χ1) is 7.44. The maximum atomic E-state index is 11.3. The molecule has 0 aliphatic heterocycles. The van der Waals surface area contributed by atoms with Crippen molar-refractivity contribution in [3.05, 3.63) is 35.4 Å². The lowest BCUT2D eigenvalue weighted by Gasteiger charge is -2.26. The van der Waals surface area contributed by atoms with Crippen LogP contribution in [0.1, 0.15) is 25.0 Å². The third kappa shape index (κ3) is 3.86. The Morgan fingerprint density at radius 1 is 1.38 bits per heavy atom. The van der Waals surface area contributed by atoms with Gasteiger partial charge in [-0.2, -0.15) is 0 Å². The number of carbonyl (C=O) groups excluding carboxylic acids is 1. The molecule has 0 saturated carbocycles. The highest BCUT2D eigenvalue weighted by molar-refractivity contribution is 6.27. The Bertz CT molecular complexity index is 374. The fourth-order valence-electron chi connectivity index (χ4n) is 1.74. The van der Waals surface area contributed by atoms with Crippen LogP contribution in [0.25, 0.3) is 0 Å². The molecule has 0 bridgehead atoms. The summed E-state index contributed by atoms with van der Waals surface area (Å²) >= 11 is 5.48. The van der Waals surface area contributed by atoms with E-state index in [1.165, 1.54) is 11.1 Å². The molecule has 0 aromatic heterocycles. The van der Waals surface area contributed by atoms with Crippen LogP contribution in [0.2, 0.25) is 0 Å². The van der Waals surface area contributed by atoms with E-state index in [4.69, 9.17) is 11.6 Å². The van der Waals surface area contributed by atoms with Gasteiger partial charge in [0.2, 0.25) is 5.91 Å². The second kappa shape index (κ2) is 5.35. The monoisotopic (exact) mass is 239 g/mol. The summed E-state index contributed by atoms with van der Waals surface area (Å²) in [5, 5.41) is 2.91. The molecule has 1 aromatic carbocycles. The number of aryl methyl sites for hydroxylation is 1. The lowest BCUT2D eigenvalue weighted by atomic mass is 9.92. The first-order valence-electron chi connectivity index (χ1n) is 5.36. The standard InChI is InChI=1S/C13H18ClNO/c1-10-6-4-5-7-11(10)8-13(2,3)15-12(16)9-14/h4-7H,8-9H2,1-3H3,(H,15,16). The van der Waals surface area contributed by atoms with E-state index in [0.717, 1.165) is 6.42 Å². The van der Waals surface area contributed by atoms with E-state index in [-0.39, 0.29) is 17.3 Å². The SMILES string of the molecule is Cc1ccccc1CC(C)(C)NC(=O)CCl. The van der Waals surface area contributed by atoms with Crippen molar-refractivity contribution in [3.8, 4) is 0 Å². The Morgan fingerprint density at radius 3 is 2.56 bits per heavy atom. The summed E-state index contributed by atoms with van der Waals surface area (Å²) in [6.07, 6.45) is 0.808. The highest BCUT2D eigenvalue weighted by Crippen LogP contribution is 2.16. The van der Waals surface area contributed by atoms with Gasteiger partial charge in [0, 0.05) is 5.54 Å².